The van der Waals surface area contributed by atoms with E-state index in [4.69, 9.17) is 9.47 Å². The fourth-order valence-corrected chi connectivity index (χ4v) is 5.08. The van der Waals surface area contributed by atoms with Crippen LogP contribution in [0.5, 0.6) is 11.5 Å². The number of carbonyl (C=O) groups is 1. The van der Waals surface area contributed by atoms with Crippen molar-refractivity contribution in [1.29, 1.82) is 0 Å². The van der Waals surface area contributed by atoms with Gasteiger partial charge in [0, 0.05) is 43.0 Å². The van der Waals surface area contributed by atoms with Crippen molar-refractivity contribution in [2.45, 2.75) is 36.2 Å². The third kappa shape index (κ3) is 5.99. The van der Waals surface area contributed by atoms with Gasteiger partial charge in [0.25, 0.3) is 0 Å². The van der Waals surface area contributed by atoms with Crippen molar-refractivity contribution in [2.24, 2.45) is 5.92 Å². The first-order valence-corrected chi connectivity index (χ1v) is 12.2. The highest BCUT2D eigenvalue weighted by molar-refractivity contribution is 7.99. The molecule has 34 heavy (non-hydrogen) atoms. The first kappa shape index (κ1) is 23.9. The summed E-state index contributed by atoms with van der Waals surface area (Å²) in [5.74, 6) is 2.18. The van der Waals surface area contributed by atoms with Crippen molar-refractivity contribution < 1.29 is 14.3 Å². The monoisotopic (exact) mass is 478 g/mol. The fourth-order valence-electron chi connectivity index (χ4n) is 4.08. The summed E-state index contributed by atoms with van der Waals surface area (Å²) in [6.07, 6.45) is 5.22. The average Bonchev–Trinajstić information content (AvgIpc) is 2.87. The summed E-state index contributed by atoms with van der Waals surface area (Å²) in [5, 5.41) is 3.94. The number of carbonyl (C=O) groups excluding carboxylic acids is 1. The molecule has 0 aliphatic carbocycles. The lowest BCUT2D eigenvalue weighted by molar-refractivity contribution is -0.125. The van der Waals surface area contributed by atoms with Gasteiger partial charge in [0.2, 0.25) is 5.91 Å². The maximum atomic E-state index is 13.0. The minimum Gasteiger partial charge on any atom is -0.497 e. The SMILES string of the molecule is COc1cc(CNC(=O)C2CCCN(c3nccnc3Sc3cccc(C)c3)C2)cc(OC)c1. The lowest BCUT2D eigenvalue weighted by atomic mass is 9.97. The van der Waals surface area contributed by atoms with Crippen molar-refractivity contribution in [2.75, 3.05) is 32.2 Å². The fraction of sp³-hybridized carbons (Fsp3) is 0.346. The summed E-state index contributed by atoms with van der Waals surface area (Å²) in [6, 6.07) is 14.0. The number of hydrogen-bond donors (Lipinski definition) is 1. The number of ether oxygens (including phenoxy) is 2. The Morgan fingerprint density at radius 2 is 1.88 bits per heavy atom. The number of aryl methyl sites for hydroxylation is 1. The topological polar surface area (TPSA) is 76.6 Å². The van der Waals surface area contributed by atoms with Crippen LogP contribution < -0.4 is 19.7 Å². The average molecular weight is 479 g/mol. The third-order valence-corrected chi connectivity index (χ3v) is 6.79. The first-order chi connectivity index (χ1) is 16.6. The van der Waals surface area contributed by atoms with Crippen molar-refractivity contribution in [3.8, 4) is 11.5 Å². The van der Waals surface area contributed by atoms with Gasteiger partial charge in [-0.15, -0.1) is 0 Å². The van der Waals surface area contributed by atoms with E-state index < -0.39 is 0 Å². The Bertz CT molecular complexity index is 1120. The minimum atomic E-state index is -0.111. The molecule has 0 saturated carbocycles. The molecule has 3 aromatic rings. The van der Waals surface area contributed by atoms with Gasteiger partial charge in [-0.25, -0.2) is 9.97 Å². The molecule has 1 unspecified atom stereocenters. The molecule has 8 heteroatoms. The molecule has 0 radical (unpaired) electrons. The summed E-state index contributed by atoms with van der Waals surface area (Å²) in [7, 11) is 3.23. The number of hydrogen-bond acceptors (Lipinski definition) is 7. The molecule has 1 fully saturated rings. The Kier molecular flexibility index (Phi) is 7.90. The number of aromatic nitrogens is 2. The van der Waals surface area contributed by atoms with Crippen LogP contribution in [-0.4, -0.2) is 43.2 Å². The number of methoxy groups -OCH3 is 2. The second-order valence-corrected chi connectivity index (χ2v) is 9.39. The Labute approximate surface area is 204 Å². The van der Waals surface area contributed by atoms with Crippen LogP contribution in [0.15, 0.2) is 64.8 Å². The summed E-state index contributed by atoms with van der Waals surface area (Å²) in [4.78, 5) is 25.6. The summed E-state index contributed by atoms with van der Waals surface area (Å²) >= 11 is 1.61. The van der Waals surface area contributed by atoms with Crippen molar-refractivity contribution >= 4 is 23.5 Å². The van der Waals surface area contributed by atoms with Gasteiger partial charge in [-0.3, -0.25) is 4.79 Å². The van der Waals surface area contributed by atoms with Crippen molar-refractivity contribution in [3.63, 3.8) is 0 Å². The van der Waals surface area contributed by atoms with E-state index >= 15 is 0 Å². The molecule has 1 atom stereocenters. The summed E-state index contributed by atoms with van der Waals surface area (Å²) in [6.45, 7) is 3.98. The second-order valence-electron chi connectivity index (χ2n) is 8.33. The van der Waals surface area contributed by atoms with E-state index in [1.165, 1.54) is 5.56 Å². The van der Waals surface area contributed by atoms with Crippen LogP contribution in [0.25, 0.3) is 0 Å². The second kappa shape index (κ2) is 11.2. The molecule has 1 saturated heterocycles. The van der Waals surface area contributed by atoms with Crippen LogP contribution in [0.4, 0.5) is 5.82 Å². The molecule has 0 bridgehead atoms. The largest absolute Gasteiger partial charge is 0.497 e. The van der Waals surface area contributed by atoms with Gasteiger partial charge in [-0.1, -0.05) is 29.5 Å². The van der Waals surface area contributed by atoms with Crippen LogP contribution in [0.3, 0.4) is 0 Å². The molecule has 7 nitrogen and oxygen atoms in total. The molecule has 1 aliphatic heterocycles. The van der Waals surface area contributed by atoms with Crippen LogP contribution in [-0.2, 0) is 11.3 Å². The molecule has 2 aromatic carbocycles. The highest BCUT2D eigenvalue weighted by Crippen LogP contribution is 2.34. The predicted octanol–water partition coefficient (Wildman–Crippen LogP) is 4.49. The maximum Gasteiger partial charge on any atom is 0.225 e. The third-order valence-electron chi connectivity index (χ3n) is 5.82. The molecule has 1 aromatic heterocycles. The van der Waals surface area contributed by atoms with Crippen LogP contribution in [0.2, 0.25) is 0 Å². The molecule has 4 rings (SSSR count). The minimum absolute atomic E-state index is 0.0447. The van der Waals surface area contributed by atoms with E-state index in [1.807, 2.05) is 24.3 Å². The number of nitrogens with zero attached hydrogens (tertiary/aromatic N) is 3. The molecule has 1 aliphatic rings. The zero-order chi connectivity index (χ0) is 23.9. The lowest BCUT2D eigenvalue weighted by Gasteiger charge is -2.33. The van der Waals surface area contributed by atoms with Gasteiger partial charge < -0.3 is 19.7 Å². The van der Waals surface area contributed by atoms with Gasteiger partial charge in [-0.2, -0.15) is 0 Å². The van der Waals surface area contributed by atoms with E-state index in [1.54, 1.807) is 38.4 Å². The number of nitrogens with one attached hydrogen (secondary N) is 1. The number of rotatable bonds is 8. The van der Waals surface area contributed by atoms with E-state index in [2.05, 4.69) is 45.3 Å². The van der Waals surface area contributed by atoms with E-state index in [0.717, 1.165) is 40.7 Å². The Balaban J connectivity index is 1.42. The normalized spacial score (nSPS) is 15.6. The number of anilines is 1. The quantitative estimate of drug-likeness (QED) is 0.511. The number of amides is 1. The van der Waals surface area contributed by atoms with Crippen LogP contribution in [0.1, 0.15) is 24.0 Å². The van der Waals surface area contributed by atoms with Crippen LogP contribution >= 0.6 is 11.8 Å². The molecule has 1 amide bonds. The Hall–Kier alpha value is -3.26. The Morgan fingerprint density at radius 1 is 1.12 bits per heavy atom. The summed E-state index contributed by atoms with van der Waals surface area (Å²) < 4.78 is 10.7. The molecular weight excluding hydrogens is 448 g/mol. The van der Waals surface area contributed by atoms with Crippen LogP contribution in [0, 0.1) is 12.8 Å². The number of piperidine rings is 1. The van der Waals surface area contributed by atoms with Gasteiger partial charge in [-0.05, 0) is 49.6 Å². The zero-order valence-electron chi connectivity index (χ0n) is 19.8. The first-order valence-electron chi connectivity index (χ1n) is 11.4. The standard InChI is InChI=1S/C26H30N4O3S/c1-18-6-4-8-23(12-18)34-26-24(27-9-10-28-26)30-11-5-7-20(17-30)25(31)29-16-19-13-21(32-2)15-22(14-19)33-3/h4,6,8-10,12-15,20H,5,7,11,16-17H2,1-3H3,(H,29,31). The zero-order valence-corrected chi connectivity index (χ0v) is 20.6. The Morgan fingerprint density at radius 3 is 2.62 bits per heavy atom. The molecular formula is C26H30N4O3S. The van der Waals surface area contributed by atoms with Crippen molar-refractivity contribution in [3.05, 3.63) is 66.0 Å². The molecule has 1 N–H and O–H groups in total. The smallest absolute Gasteiger partial charge is 0.225 e. The molecule has 2 heterocycles. The van der Waals surface area contributed by atoms with Gasteiger partial charge in [0.1, 0.15) is 16.5 Å². The number of benzene rings is 2. The highest BCUT2D eigenvalue weighted by atomic mass is 32.2. The van der Waals surface area contributed by atoms with E-state index in [0.29, 0.717) is 24.6 Å². The molecule has 178 valence electrons. The van der Waals surface area contributed by atoms with E-state index in [9.17, 15) is 4.79 Å². The predicted molar refractivity (Wildman–Crippen MR) is 134 cm³/mol. The summed E-state index contributed by atoms with van der Waals surface area (Å²) in [5.41, 5.74) is 2.14. The van der Waals surface area contributed by atoms with Crippen molar-refractivity contribution in [1.82, 2.24) is 15.3 Å². The lowest BCUT2D eigenvalue weighted by Crippen LogP contribution is -2.43. The molecule has 0 spiro atoms. The van der Waals surface area contributed by atoms with E-state index in [-0.39, 0.29) is 11.8 Å². The maximum absolute atomic E-state index is 13.0. The van der Waals surface area contributed by atoms with Gasteiger partial charge >= 0.3 is 0 Å². The highest BCUT2D eigenvalue weighted by Gasteiger charge is 2.28. The van der Waals surface area contributed by atoms with Gasteiger partial charge in [0.15, 0.2) is 5.82 Å². The van der Waals surface area contributed by atoms with Gasteiger partial charge in [0.05, 0.1) is 20.1 Å².